The number of hydrogen-bond acceptors (Lipinski definition) is 4. The fraction of sp³-hybridized carbons (Fsp3) is 0.611. The maximum Gasteiger partial charge on any atom is 0.240 e. The summed E-state index contributed by atoms with van der Waals surface area (Å²) in [7, 11) is -3.70. The van der Waals surface area contributed by atoms with Crippen molar-refractivity contribution in [1.82, 2.24) is 5.32 Å². The van der Waals surface area contributed by atoms with Crippen LogP contribution in [-0.4, -0.2) is 46.4 Å². The summed E-state index contributed by atoms with van der Waals surface area (Å²) in [6.07, 6.45) is 7.97. The first-order valence-electron chi connectivity index (χ1n) is 9.08. The number of nitrogens with one attached hydrogen (secondary N) is 1. The van der Waals surface area contributed by atoms with Crippen molar-refractivity contribution in [2.45, 2.75) is 44.6 Å². The topological polar surface area (TPSA) is 75.7 Å². The first-order chi connectivity index (χ1) is 12.8. The van der Waals surface area contributed by atoms with E-state index in [1.54, 1.807) is 6.07 Å². The molecule has 6 nitrogen and oxygen atoms in total. The van der Waals surface area contributed by atoms with Gasteiger partial charge in [0.15, 0.2) is 0 Å². The van der Waals surface area contributed by atoms with Gasteiger partial charge in [-0.25, -0.2) is 8.42 Å². The predicted molar refractivity (Wildman–Crippen MR) is 109 cm³/mol. The van der Waals surface area contributed by atoms with Crippen LogP contribution in [0.15, 0.2) is 18.2 Å². The molecule has 1 N–H and O–H groups in total. The van der Waals surface area contributed by atoms with Crippen molar-refractivity contribution < 1.29 is 17.9 Å². The van der Waals surface area contributed by atoms with Crippen LogP contribution in [0.1, 0.15) is 38.5 Å². The number of amides is 1. The summed E-state index contributed by atoms with van der Waals surface area (Å²) < 4.78 is 31.0. The summed E-state index contributed by atoms with van der Waals surface area (Å²) in [5.41, 5.74) is 0.183. The molecule has 0 unspecified atom stereocenters. The quantitative estimate of drug-likeness (QED) is 0.599. The van der Waals surface area contributed by atoms with Gasteiger partial charge in [-0.2, -0.15) is 0 Å². The molecule has 0 bridgehead atoms. The van der Waals surface area contributed by atoms with Gasteiger partial charge in [-0.15, -0.1) is 0 Å². The van der Waals surface area contributed by atoms with E-state index in [4.69, 9.17) is 27.9 Å². The SMILES string of the molecule is CS(=O)(=O)N(CC(=O)NCCCOC1CCCCC1)c1cc(Cl)ccc1Cl. The summed E-state index contributed by atoms with van der Waals surface area (Å²) in [6, 6.07) is 4.48. The van der Waals surface area contributed by atoms with Crippen LogP contribution in [0.4, 0.5) is 5.69 Å². The normalized spacial score (nSPS) is 15.5. The Morgan fingerprint density at radius 3 is 2.63 bits per heavy atom. The second-order valence-corrected chi connectivity index (χ2v) is 9.45. The van der Waals surface area contributed by atoms with E-state index >= 15 is 0 Å². The van der Waals surface area contributed by atoms with Crippen molar-refractivity contribution >= 4 is 44.8 Å². The molecule has 0 atom stereocenters. The number of ether oxygens (including phenoxy) is 1. The predicted octanol–water partition coefficient (Wildman–Crippen LogP) is 3.62. The minimum atomic E-state index is -3.70. The van der Waals surface area contributed by atoms with Gasteiger partial charge < -0.3 is 10.1 Å². The molecule has 0 heterocycles. The van der Waals surface area contributed by atoms with Crippen LogP contribution in [0.2, 0.25) is 10.0 Å². The zero-order valence-electron chi connectivity index (χ0n) is 15.4. The van der Waals surface area contributed by atoms with Crippen LogP contribution in [-0.2, 0) is 19.6 Å². The van der Waals surface area contributed by atoms with E-state index in [-0.39, 0.29) is 17.3 Å². The Morgan fingerprint density at radius 2 is 1.96 bits per heavy atom. The Balaban J connectivity index is 1.82. The van der Waals surface area contributed by atoms with Crippen molar-refractivity contribution in [3.05, 3.63) is 28.2 Å². The molecular weight excluding hydrogens is 411 g/mol. The third-order valence-corrected chi connectivity index (χ3v) is 6.09. The zero-order chi connectivity index (χ0) is 19.9. The summed E-state index contributed by atoms with van der Waals surface area (Å²) in [6.45, 7) is 0.648. The van der Waals surface area contributed by atoms with Gasteiger partial charge in [-0.05, 0) is 37.5 Å². The van der Waals surface area contributed by atoms with Crippen molar-refractivity contribution in [3.63, 3.8) is 0 Å². The molecule has 1 fully saturated rings. The lowest BCUT2D eigenvalue weighted by molar-refractivity contribution is -0.119. The van der Waals surface area contributed by atoms with Gasteiger partial charge >= 0.3 is 0 Å². The molecule has 1 aliphatic rings. The Kier molecular flexibility index (Phi) is 8.66. The molecule has 1 aliphatic carbocycles. The molecule has 9 heteroatoms. The van der Waals surface area contributed by atoms with Gasteiger partial charge in [0.1, 0.15) is 6.54 Å². The van der Waals surface area contributed by atoms with Crippen LogP contribution in [0.25, 0.3) is 0 Å². The fourth-order valence-corrected chi connectivity index (χ4v) is 4.32. The lowest BCUT2D eigenvalue weighted by atomic mass is 9.98. The number of sulfonamides is 1. The van der Waals surface area contributed by atoms with Gasteiger partial charge in [0.25, 0.3) is 0 Å². The van der Waals surface area contributed by atoms with Crippen LogP contribution >= 0.6 is 23.2 Å². The van der Waals surface area contributed by atoms with Gasteiger partial charge in [0.05, 0.1) is 23.1 Å². The first kappa shape index (κ1) is 22.3. The summed E-state index contributed by atoms with van der Waals surface area (Å²) in [5.74, 6) is -0.408. The monoisotopic (exact) mass is 436 g/mol. The molecule has 0 aliphatic heterocycles. The fourth-order valence-electron chi connectivity index (χ4n) is 3.03. The van der Waals surface area contributed by atoms with Crippen molar-refractivity contribution in [1.29, 1.82) is 0 Å². The number of benzene rings is 1. The Morgan fingerprint density at radius 1 is 1.26 bits per heavy atom. The second kappa shape index (κ2) is 10.5. The molecule has 2 rings (SSSR count). The molecule has 1 saturated carbocycles. The van der Waals surface area contributed by atoms with Crippen molar-refractivity contribution in [2.24, 2.45) is 0 Å². The summed E-state index contributed by atoms with van der Waals surface area (Å²) in [5, 5.41) is 3.27. The van der Waals surface area contributed by atoms with Crippen molar-refractivity contribution in [3.8, 4) is 0 Å². The third kappa shape index (κ3) is 7.49. The highest BCUT2D eigenvalue weighted by Gasteiger charge is 2.23. The van der Waals surface area contributed by atoms with E-state index in [9.17, 15) is 13.2 Å². The molecule has 0 saturated heterocycles. The van der Waals surface area contributed by atoms with E-state index in [0.717, 1.165) is 23.4 Å². The van der Waals surface area contributed by atoms with E-state index in [1.165, 1.54) is 31.4 Å². The van der Waals surface area contributed by atoms with Gasteiger partial charge in [-0.1, -0.05) is 42.5 Å². The van der Waals surface area contributed by atoms with E-state index in [2.05, 4.69) is 5.32 Å². The maximum atomic E-state index is 12.2. The number of carbonyl (C=O) groups excluding carboxylic acids is 1. The maximum absolute atomic E-state index is 12.2. The third-order valence-electron chi connectivity index (χ3n) is 4.41. The Hall–Kier alpha value is -1.02. The Bertz CT molecular complexity index is 737. The van der Waals surface area contributed by atoms with E-state index in [1.807, 2.05) is 0 Å². The average molecular weight is 437 g/mol. The van der Waals surface area contributed by atoms with Crippen molar-refractivity contribution in [2.75, 3.05) is 30.3 Å². The van der Waals surface area contributed by atoms with E-state index < -0.39 is 15.9 Å². The summed E-state index contributed by atoms with van der Waals surface area (Å²) in [4.78, 5) is 12.2. The molecular formula is C18H26Cl2N2O4S. The van der Waals surface area contributed by atoms with Crippen LogP contribution in [0, 0.1) is 0 Å². The molecule has 0 aromatic heterocycles. The average Bonchev–Trinajstić information content (AvgIpc) is 2.61. The van der Waals surface area contributed by atoms with Crippen LogP contribution in [0.3, 0.4) is 0 Å². The number of anilines is 1. The lowest BCUT2D eigenvalue weighted by Gasteiger charge is -2.23. The molecule has 152 valence electrons. The van der Waals surface area contributed by atoms with Gasteiger partial charge in [0, 0.05) is 18.2 Å². The minimum absolute atomic E-state index is 0.183. The smallest absolute Gasteiger partial charge is 0.240 e. The van der Waals surface area contributed by atoms with E-state index in [0.29, 0.717) is 30.7 Å². The number of halogens is 2. The van der Waals surface area contributed by atoms with Crippen LogP contribution < -0.4 is 9.62 Å². The van der Waals surface area contributed by atoms with Gasteiger partial charge in [-0.3, -0.25) is 9.10 Å². The molecule has 1 aromatic carbocycles. The lowest BCUT2D eigenvalue weighted by Crippen LogP contribution is -2.41. The number of carbonyl (C=O) groups is 1. The molecule has 0 spiro atoms. The first-order valence-corrected chi connectivity index (χ1v) is 11.7. The largest absolute Gasteiger partial charge is 0.378 e. The molecule has 27 heavy (non-hydrogen) atoms. The number of nitrogens with zero attached hydrogens (tertiary/aromatic N) is 1. The van der Waals surface area contributed by atoms with Crippen LogP contribution in [0.5, 0.6) is 0 Å². The minimum Gasteiger partial charge on any atom is -0.378 e. The van der Waals surface area contributed by atoms with Gasteiger partial charge in [0.2, 0.25) is 15.9 Å². The second-order valence-electron chi connectivity index (χ2n) is 6.70. The Labute approximate surface area is 171 Å². The highest BCUT2D eigenvalue weighted by molar-refractivity contribution is 7.92. The molecule has 1 amide bonds. The molecule has 0 radical (unpaired) electrons. The standard InChI is InChI=1S/C18H26Cl2N2O4S/c1-27(24,25)22(17-12-14(19)8-9-16(17)20)13-18(23)21-10-5-11-26-15-6-3-2-4-7-15/h8-9,12,15H,2-7,10-11,13H2,1H3,(H,21,23). The number of hydrogen-bond donors (Lipinski definition) is 1. The highest BCUT2D eigenvalue weighted by atomic mass is 35.5. The highest BCUT2D eigenvalue weighted by Crippen LogP contribution is 2.30. The molecule has 1 aromatic rings. The zero-order valence-corrected chi connectivity index (χ0v) is 17.7. The number of rotatable bonds is 9. The summed E-state index contributed by atoms with van der Waals surface area (Å²) >= 11 is 12.0.